The fourth-order valence-electron chi connectivity index (χ4n) is 1.36. The normalized spacial score (nSPS) is 12.9. The van der Waals surface area contributed by atoms with Gasteiger partial charge >= 0.3 is 0 Å². The third-order valence-corrected chi connectivity index (χ3v) is 2.40. The van der Waals surface area contributed by atoms with E-state index < -0.39 is 0 Å². The quantitative estimate of drug-likeness (QED) is 0.627. The predicted octanol–water partition coefficient (Wildman–Crippen LogP) is 3.12. The van der Waals surface area contributed by atoms with Crippen LogP contribution < -0.4 is 5.32 Å². The van der Waals surface area contributed by atoms with Crippen molar-refractivity contribution in [1.82, 2.24) is 5.32 Å². The number of carbonyl (C=O) groups is 1. The maximum atomic E-state index is 11.3. The van der Waals surface area contributed by atoms with Gasteiger partial charge in [0, 0.05) is 12.0 Å². The summed E-state index contributed by atoms with van der Waals surface area (Å²) >= 11 is 0. The maximum Gasteiger partial charge on any atom is 0.222 e. The van der Waals surface area contributed by atoms with Crippen molar-refractivity contribution in [1.29, 1.82) is 0 Å². The molecular weight excluding hydrogens is 174 g/mol. The maximum absolute atomic E-state index is 11.3. The molecule has 0 aromatic heterocycles. The minimum atomic E-state index is 0.105. The Hall–Kier alpha value is -0.530. The molecule has 0 fully saturated rings. The van der Waals surface area contributed by atoms with E-state index >= 15 is 0 Å². The van der Waals surface area contributed by atoms with E-state index in [0.29, 0.717) is 6.04 Å². The van der Waals surface area contributed by atoms with Gasteiger partial charge in [0.25, 0.3) is 0 Å². The summed E-state index contributed by atoms with van der Waals surface area (Å²) in [6.45, 7) is 8.16. The molecule has 1 N–H and O–H groups in total. The summed E-state index contributed by atoms with van der Waals surface area (Å²) in [5.74, 6) is 0.279. The van der Waals surface area contributed by atoms with Gasteiger partial charge in [-0.2, -0.15) is 0 Å². The molecule has 0 aromatic rings. The van der Waals surface area contributed by atoms with E-state index in [0.717, 1.165) is 6.42 Å². The highest BCUT2D eigenvalue weighted by atomic mass is 16.1. The average molecular weight is 199 g/mol. The van der Waals surface area contributed by atoms with Crippen molar-refractivity contribution in [3.05, 3.63) is 0 Å². The molecule has 0 aliphatic rings. The average Bonchev–Trinajstić information content (AvgIpc) is 2.12. The molecule has 0 spiro atoms. The van der Waals surface area contributed by atoms with Gasteiger partial charge in [-0.25, -0.2) is 0 Å². The smallest absolute Gasteiger partial charge is 0.222 e. The molecule has 0 rings (SSSR count). The summed E-state index contributed by atoms with van der Waals surface area (Å²) < 4.78 is 0. The molecule has 1 amide bonds. The highest BCUT2D eigenvalue weighted by molar-refractivity contribution is 5.78. The molecule has 0 bridgehead atoms. The number of carbonyl (C=O) groups excluding carboxylic acids is 1. The van der Waals surface area contributed by atoms with Crippen molar-refractivity contribution >= 4 is 5.91 Å². The van der Waals surface area contributed by atoms with Gasteiger partial charge in [-0.1, -0.05) is 46.5 Å². The zero-order chi connectivity index (χ0) is 11.0. The first kappa shape index (κ1) is 13.5. The Morgan fingerprint density at radius 3 is 2.29 bits per heavy atom. The topological polar surface area (TPSA) is 29.1 Å². The first-order chi connectivity index (χ1) is 6.57. The SMILES string of the molecule is CCCCCCC(C)NC(=O)C(C)C. The molecule has 2 nitrogen and oxygen atoms in total. The molecule has 84 valence electrons. The standard InChI is InChI=1S/C12H25NO/c1-5-6-7-8-9-11(4)13-12(14)10(2)3/h10-11H,5-9H2,1-4H3,(H,13,14). The van der Waals surface area contributed by atoms with Crippen LogP contribution in [0.3, 0.4) is 0 Å². The minimum absolute atomic E-state index is 0.105. The van der Waals surface area contributed by atoms with Gasteiger partial charge in [-0.15, -0.1) is 0 Å². The van der Waals surface area contributed by atoms with Crippen molar-refractivity contribution in [2.24, 2.45) is 5.92 Å². The minimum Gasteiger partial charge on any atom is -0.353 e. The number of hydrogen-bond donors (Lipinski definition) is 1. The second kappa shape index (κ2) is 7.84. The van der Waals surface area contributed by atoms with E-state index in [-0.39, 0.29) is 11.8 Å². The molecule has 1 unspecified atom stereocenters. The van der Waals surface area contributed by atoms with Crippen LogP contribution in [0.2, 0.25) is 0 Å². The highest BCUT2D eigenvalue weighted by Gasteiger charge is 2.09. The third-order valence-electron chi connectivity index (χ3n) is 2.40. The first-order valence-corrected chi connectivity index (χ1v) is 5.88. The Labute approximate surface area is 88.5 Å². The number of amides is 1. The van der Waals surface area contributed by atoms with Crippen LogP contribution in [0.1, 0.15) is 59.8 Å². The van der Waals surface area contributed by atoms with E-state index in [9.17, 15) is 4.79 Å². The van der Waals surface area contributed by atoms with Gasteiger partial charge in [0.2, 0.25) is 5.91 Å². The van der Waals surface area contributed by atoms with Crippen LogP contribution in [0, 0.1) is 5.92 Å². The van der Waals surface area contributed by atoms with Crippen LogP contribution in [0.4, 0.5) is 0 Å². The largest absolute Gasteiger partial charge is 0.353 e. The van der Waals surface area contributed by atoms with Gasteiger partial charge < -0.3 is 5.32 Å². The van der Waals surface area contributed by atoms with Crippen LogP contribution in [-0.2, 0) is 4.79 Å². The number of hydrogen-bond acceptors (Lipinski definition) is 1. The van der Waals surface area contributed by atoms with Crippen LogP contribution in [0.15, 0.2) is 0 Å². The fraction of sp³-hybridized carbons (Fsp3) is 0.917. The number of unbranched alkanes of at least 4 members (excludes halogenated alkanes) is 3. The van der Waals surface area contributed by atoms with E-state index in [1.54, 1.807) is 0 Å². The molecule has 0 saturated heterocycles. The lowest BCUT2D eigenvalue weighted by molar-refractivity contribution is -0.124. The van der Waals surface area contributed by atoms with Crippen molar-refractivity contribution < 1.29 is 4.79 Å². The third kappa shape index (κ3) is 6.93. The van der Waals surface area contributed by atoms with Crippen LogP contribution >= 0.6 is 0 Å². The Balaban J connectivity index is 3.45. The van der Waals surface area contributed by atoms with E-state index in [1.807, 2.05) is 13.8 Å². The Morgan fingerprint density at radius 1 is 1.14 bits per heavy atom. The van der Waals surface area contributed by atoms with Crippen LogP contribution in [-0.4, -0.2) is 11.9 Å². The van der Waals surface area contributed by atoms with Crippen molar-refractivity contribution in [3.63, 3.8) is 0 Å². The fourth-order valence-corrected chi connectivity index (χ4v) is 1.36. The van der Waals surface area contributed by atoms with E-state index in [2.05, 4.69) is 19.2 Å². The molecule has 0 aliphatic carbocycles. The molecule has 0 aliphatic heterocycles. The molecule has 2 heteroatoms. The summed E-state index contributed by atoms with van der Waals surface area (Å²) in [7, 11) is 0. The van der Waals surface area contributed by atoms with Crippen LogP contribution in [0.5, 0.6) is 0 Å². The van der Waals surface area contributed by atoms with Crippen molar-refractivity contribution in [2.75, 3.05) is 0 Å². The van der Waals surface area contributed by atoms with Gasteiger partial charge in [0.05, 0.1) is 0 Å². The van der Waals surface area contributed by atoms with Crippen LogP contribution in [0.25, 0.3) is 0 Å². The van der Waals surface area contributed by atoms with Crippen molar-refractivity contribution in [2.45, 2.75) is 65.8 Å². The Morgan fingerprint density at radius 2 is 1.79 bits per heavy atom. The Kier molecular flexibility index (Phi) is 7.54. The van der Waals surface area contributed by atoms with Crippen molar-refractivity contribution in [3.8, 4) is 0 Å². The highest BCUT2D eigenvalue weighted by Crippen LogP contribution is 2.05. The van der Waals surface area contributed by atoms with Gasteiger partial charge in [-0.05, 0) is 13.3 Å². The lowest BCUT2D eigenvalue weighted by Crippen LogP contribution is -2.35. The molecule has 0 radical (unpaired) electrons. The molecular formula is C12H25NO. The summed E-state index contributed by atoms with van der Waals surface area (Å²) in [6.07, 6.45) is 6.21. The lowest BCUT2D eigenvalue weighted by atomic mass is 10.1. The number of rotatable bonds is 7. The summed E-state index contributed by atoms with van der Waals surface area (Å²) in [4.78, 5) is 11.3. The van der Waals surface area contributed by atoms with Gasteiger partial charge in [0.15, 0.2) is 0 Å². The summed E-state index contributed by atoms with van der Waals surface area (Å²) in [5, 5.41) is 3.02. The number of nitrogens with one attached hydrogen (secondary N) is 1. The Bertz CT molecular complexity index is 154. The molecule has 14 heavy (non-hydrogen) atoms. The second-order valence-electron chi connectivity index (χ2n) is 4.41. The molecule has 0 heterocycles. The molecule has 0 aromatic carbocycles. The summed E-state index contributed by atoms with van der Waals surface area (Å²) in [6, 6.07) is 0.335. The van der Waals surface area contributed by atoms with E-state index in [1.165, 1.54) is 25.7 Å². The first-order valence-electron chi connectivity index (χ1n) is 5.88. The monoisotopic (exact) mass is 199 g/mol. The predicted molar refractivity (Wildman–Crippen MR) is 61.2 cm³/mol. The van der Waals surface area contributed by atoms with Gasteiger partial charge in [0.1, 0.15) is 0 Å². The molecule has 0 saturated carbocycles. The van der Waals surface area contributed by atoms with E-state index in [4.69, 9.17) is 0 Å². The zero-order valence-corrected chi connectivity index (χ0v) is 10.1. The molecule has 1 atom stereocenters. The van der Waals surface area contributed by atoms with Gasteiger partial charge in [-0.3, -0.25) is 4.79 Å². The summed E-state index contributed by atoms with van der Waals surface area (Å²) in [5.41, 5.74) is 0. The lowest BCUT2D eigenvalue weighted by Gasteiger charge is -2.15. The zero-order valence-electron chi connectivity index (χ0n) is 10.1. The second-order valence-corrected chi connectivity index (χ2v) is 4.41.